The molecule has 0 heterocycles. The number of aryl methyl sites for hydroxylation is 1. The molecule has 3 nitrogen and oxygen atoms in total. The van der Waals surface area contributed by atoms with Crippen LogP contribution in [-0.2, 0) is 4.74 Å². The van der Waals surface area contributed by atoms with E-state index in [-0.39, 0.29) is 12.1 Å². The molecule has 1 fully saturated rings. The van der Waals surface area contributed by atoms with Gasteiger partial charge in [-0.1, -0.05) is 18.2 Å². The summed E-state index contributed by atoms with van der Waals surface area (Å²) >= 11 is 0. The molecule has 0 radical (unpaired) electrons. The lowest BCUT2D eigenvalue weighted by atomic mass is 9.94. The van der Waals surface area contributed by atoms with Crippen LogP contribution in [0.2, 0.25) is 0 Å². The fourth-order valence-electron chi connectivity index (χ4n) is 2.35. The summed E-state index contributed by atoms with van der Waals surface area (Å²) in [5.41, 5.74) is 1.97. The number of benzene rings is 1. The van der Waals surface area contributed by atoms with Gasteiger partial charge in [0.1, 0.15) is 0 Å². The van der Waals surface area contributed by atoms with Crippen molar-refractivity contribution in [3.05, 3.63) is 29.8 Å². The number of anilines is 1. The van der Waals surface area contributed by atoms with E-state index in [1.807, 2.05) is 12.1 Å². The first-order valence-electron chi connectivity index (χ1n) is 6.15. The van der Waals surface area contributed by atoms with Crippen molar-refractivity contribution in [1.82, 2.24) is 0 Å². The third kappa shape index (κ3) is 2.61. The predicted octanol–water partition coefficient (Wildman–Crippen LogP) is 2.19. The van der Waals surface area contributed by atoms with Crippen LogP contribution in [0, 0.1) is 12.8 Å². The maximum atomic E-state index is 9.73. The highest BCUT2D eigenvalue weighted by Crippen LogP contribution is 2.42. The Bertz CT molecular complexity index is 376. The maximum absolute atomic E-state index is 9.73. The van der Waals surface area contributed by atoms with E-state index in [1.54, 1.807) is 7.11 Å². The van der Waals surface area contributed by atoms with E-state index >= 15 is 0 Å². The number of aliphatic hydroxyl groups excluding tert-OH is 1. The van der Waals surface area contributed by atoms with Gasteiger partial charge in [0.15, 0.2) is 0 Å². The van der Waals surface area contributed by atoms with Gasteiger partial charge in [-0.15, -0.1) is 0 Å². The second-order valence-corrected chi connectivity index (χ2v) is 4.96. The predicted molar refractivity (Wildman–Crippen MR) is 69.2 cm³/mol. The Kier molecular flexibility index (Phi) is 3.69. The van der Waals surface area contributed by atoms with Crippen molar-refractivity contribution in [1.29, 1.82) is 0 Å². The lowest BCUT2D eigenvalue weighted by Gasteiger charge is -2.34. The Labute approximate surface area is 103 Å². The number of ether oxygens (including phenoxy) is 1. The first-order valence-corrected chi connectivity index (χ1v) is 6.15. The van der Waals surface area contributed by atoms with E-state index in [2.05, 4.69) is 24.4 Å². The molecule has 0 spiro atoms. The quantitative estimate of drug-likeness (QED) is 0.794. The second kappa shape index (κ2) is 5.07. The van der Waals surface area contributed by atoms with Gasteiger partial charge >= 0.3 is 0 Å². The number of methoxy groups -OCH3 is 1. The molecule has 1 aromatic carbocycles. The lowest BCUT2D eigenvalue weighted by molar-refractivity contribution is 0.0862. The van der Waals surface area contributed by atoms with Crippen molar-refractivity contribution in [3.63, 3.8) is 0 Å². The number of aliphatic hydroxyl groups is 1. The van der Waals surface area contributed by atoms with Crippen LogP contribution in [0.1, 0.15) is 18.4 Å². The van der Waals surface area contributed by atoms with E-state index in [9.17, 15) is 5.11 Å². The van der Waals surface area contributed by atoms with Crippen LogP contribution >= 0.6 is 0 Å². The molecule has 2 rings (SSSR count). The Morgan fingerprint density at radius 3 is 2.65 bits per heavy atom. The highest BCUT2D eigenvalue weighted by atomic mass is 16.5. The number of para-hydroxylation sites is 1. The number of hydrogen-bond acceptors (Lipinski definition) is 3. The second-order valence-electron chi connectivity index (χ2n) is 4.96. The molecular formula is C14H21NO2. The van der Waals surface area contributed by atoms with Crippen LogP contribution in [-0.4, -0.2) is 31.0 Å². The van der Waals surface area contributed by atoms with Crippen molar-refractivity contribution in [2.75, 3.05) is 25.6 Å². The fourth-order valence-corrected chi connectivity index (χ4v) is 2.35. The van der Waals surface area contributed by atoms with Gasteiger partial charge in [-0.2, -0.15) is 0 Å². The molecule has 1 atom stereocenters. The standard InChI is InChI=1S/C14H21NO2/c1-11-5-3-4-6-13(11)15-14(9-16,10-17-2)12-7-8-12/h3-6,12,15-16H,7-10H2,1-2H3. The topological polar surface area (TPSA) is 41.5 Å². The Hall–Kier alpha value is -1.06. The van der Waals surface area contributed by atoms with E-state index < -0.39 is 0 Å². The summed E-state index contributed by atoms with van der Waals surface area (Å²) in [6.45, 7) is 2.73. The molecular weight excluding hydrogens is 214 g/mol. The Morgan fingerprint density at radius 1 is 1.41 bits per heavy atom. The molecule has 2 N–H and O–H groups in total. The average molecular weight is 235 g/mol. The monoisotopic (exact) mass is 235 g/mol. The largest absolute Gasteiger partial charge is 0.394 e. The molecule has 0 amide bonds. The summed E-state index contributed by atoms with van der Waals surface area (Å²) in [7, 11) is 1.69. The SMILES string of the molecule is COCC(CO)(Nc1ccccc1C)C1CC1. The van der Waals surface area contributed by atoms with Crippen molar-refractivity contribution < 1.29 is 9.84 Å². The average Bonchev–Trinajstić information content (AvgIpc) is 3.15. The summed E-state index contributed by atoms with van der Waals surface area (Å²) in [5, 5.41) is 13.2. The van der Waals surface area contributed by atoms with E-state index in [0.29, 0.717) is 12.5 Å². The first-order chi connectivity index (χ1) is 8.22. The van der Waals surface area contributed by atoms with Gasteiger partial charge in [0.2, 0.25) is 0 Å². The molecule has 0 bridgehead atoms. The van der Waals surface area contributed by atoms with Crippen LogP contribution in [0.3, 0.4) is 0 Å². The molecule has 0 aliphatic heterocycles. The van der Waals surface area contributed by atoms with Crippen molar-refractivity contribution in [2.45, 2.75) is 25.3 Å². The van der Waals surface area contributed by atoms with Crippen molar-refractivity contribution >= 4 is 5.69 Å². The molecule has 17 heavy (non-hydrogen) atoms. The van der Waals surface area contributed by atoms with Gasteiger partial charge in [-0.05, 0) is 37.3 Å². The zero-order valence-corrected chi connectivity index (χ0v) is 10.6. The summed E-state index contributed by atoms with van der Waals surface area (Å²) in [6, 6.07) is 8.16. The van der Waals surface area contributed by atoms with E-state index in [1.165, 1.54) is 18.4 Å². The maximum Gasteiger partial charge on any atom is 0.0865 e. The third-order valence-electron chi connectivity index (χ3n) is 3.57. The highest BCUT2D eigenvalue weighted by Gasteiger charge is 2.45. The van der Waals surface area contributed by atoms with Crippen molar-refractivity contribution in [3.8, 4) is 0 Å². The number of hydrogen-bond donors (Lipinski definition) is 2. The summed E-state index contributed by atoms with van der Waals surface area (Å²) in [6.07, 6.45) is 2.34. The van der Waals surface area contributed by atoms with E-state index in [0.717, 1.165) is 5.69 Å². The normalized spacial score (nSPS) is 18.8. The molecule has 0 aromatic heterocycles. The smallest absolute Gasteiger partial charge is 0.0865 e. The minimum absolute atomic E-state index is 0.111. The highest BCUT2D eigenvalue weighted by molar-refractivity contribution is 5.52. The molecule has 3 heteroatoms. The van der Waals surface area contributed by atoms with E-state index in [4.69, 9.17) is 4.74 Å². The lowest BCUT2D eigenvalue weighted by Crippen LogP contribution is -2.48. The minimum atomic E-state index is -0.319. The number of nitrogens with one attached hydrogen (secondary N) is 1. The van der Waals surface area contributed by atoms with Crippen LogP contribution in [0.4, 0.5) is 5.69 Å². The van der Waals surface area contributed by atoms with Gasteiger partial charge in [0.05, 0.1) is 18.8 Å². The summed E-state index contributed by atoms with van der Waals surface area (Å²) in [5.74, 6) is 0.520. The molecule has 1 saturated carbocycles. The Morgan fingerprint density at radius 2 is 2.12 bits per heavy atom. The number of rotatable bonds is 6. The Balaban J connectivity index is 2.20. The zero-order chi connectivity index (χ0) is 12.3. The fraction of sp³-hybridized carbons (Fsp3) is 0.571. The van der Waals surface area contributed by atoms with Gasteiger partial charge in [0, 0.05) is 12.8 Å². The van der Waals surface area contributed by atoms with Gasteiger partial charge < -0.3 is 15.2 Å². The molecule has 94 valence electrons. The first kappa shape index (κ1) is 12.4. The minimum Gasteiger partial charge on any atom is -0.394 e. The molecule has 1 aliphatic rings. The van der Waals surface area contributed by atoms with Crippen LogP contribution in [0.5, 0.6) is 0 Å². The molecule has 1 unspecified atom stereocenters. The van der Waals surface area contributed by atoms with Crippen LogP contribution in [0.25, 0.3) is 0 Å². The van der Waals surface area contributed by atoms with Gasteiger partial charge in [-0.3, -0.25) is 0 Å². The summed E-state index contributed by atoms with van der Waals surface area (Å²) < 4.78 is 5.29. The molecule has 1 aromatic rings. The van der Waals surface area contributed by atoms with Crippen LogP contribution in [0.15, 0.2) is 24.3 Å². The third-order valence-corrected chi connectivity index (χ3v) is 3.57. The summed E-state index contributed by atoms with van der Waals surface area (Å²) in [4.78, 5) is 0. The molecule has 1 aliphatic carbocycles. The van der Waals surface area contributed by atoms with Gasteiger partial charge in [0.25, 0.3) is 0 Å². The molecule has 0 saturated heterocycles. The zero-order valence-electron chi connectivity index (χ0n) is 10.6. The van der Waals surface area contributed by atoms with Gasteiger partial charge in [-0.25, -0.2) is 0 Å². The van der Waals surface area contributed by atoms with Crippen LogP contribution < -0.4 is 5.32 Å². The van der Waals surface area contributed by atoms with Crippen molar-refractivity contribution in [2.24, 2.45) is 5.92 Å².